The van der Waals surface area contributed by atoms with Crippen LogP contribution < -0.4 is 4.90 Å². The fourth-order valence-corrected chi connectivity index (χ4v) is 4.86. The summed E-state index contributed by atoms with van der Waals surface area (Å²) in [6, 6.07) is 23.0. The number of aromatic nitrogens is 2. The van der Waals surface area contributed by atoms with E-state index in [-0.39, 0.29) is 11.8 Å². The van der Waals surface area contributed by atoms with Gasteiger partial charge < -0.3 is 9.47 Å². The molecule has 1 aromatic heterocycles. The van der Waals surface area contributed by atoms with Gasteiger partial charge in [-0.15, -0.1) is 0 Å². The maximum Gasteiger partial charge on any atom is 0.227 e. The molecule has 0 spiro atoms. The van der Waals surface area contributed by atoms with Crippen LogP contribution in [-0.4, -0.2) is 22.0 Å². The van der Waals surface area contributed by atoms with Crippen molar-refractivity contribution in [2.24, 2.45) is 0 Å². The van der Waals surface area contributed by atoms with E-state index in [1.54, 1.807) is 0 Å². The third kappa shape index (κ3) is 3.42. The highest BCUT2D eigenvalue weighted by Gasteiger charge is 2.36. The molecule has 4 nitrogen and oxygen atoms in total. The number of hydrogen-bond acceptors (Lipinski definition) is 2. The summed E-state index contributed by atoms with van der Waals surface area (Å²) in [4.78, 5) is 20.1. The Balaban J connectivity index is 1.56. The van der Waals surface area contributed by atoms with Gasteiger partial charge in [-0.1, -0.05) is 54.6 Å². The second-order valence-electron chi connectivity index (χ2n) is 8.62. The molecule has 0 radical (unpaired) electrons. The maximum atomic E-state index is 13.1. The van der Waals surface area contributed by atoms with Gasteiger partial charge in [0.25, 0.3) is 0 Å². The Kier molecular flexibility index (Phi) is 4.85. The third-order valence-corrected chi connectivity index (χ3v) is 6.47. The minimum absolute atomic E-state index is 0.0722. The van der Waals surface area contributed by atoms with Crippen LogP contribution in [0.3, 0.4) is 0 Å². The average molecular weight is 410 g/mol. The third-order valence-electron chi connectivity index (χ3n) is 6.47. The van der Waals surface area contributed by atoms with Gasteiger partial charge in [0, 0.05) is 31.1 Å². The highest BCUT2D eigenvalue weighted by atomic mass is 16.2. The lowest BCUT2D eigenvalue weighted by molar-refractivity contribution is -0.117. The van der Waals surface area contributed by atoms with Crippen LogP contribution in [0.4, 0.5) is 5.69 Å². The molecular weight excluding hydrogens is 382 g/mol. The van der Waals surface area contributed by atoms with Crippen LogP contribution >= 0.6 is 0 Å². The molecule has 1 aliphatic heterocycles. The van der Waals surface area contributed by atoms with Crippen LogP contribution in [0.1, 0.15) is 40.4 Å². The lowest BCUT2D eigenvalue weighted by atomic mass is 10.1. The Hall–Kier alpha value is -3.40. The summed E-state index contributed by atoms with van der Waals surface area (Å²) >= 11 is 0. The van der Waals surface area contributed by atoms with Gasteiger partial charge in [-0.25, -0.2) is 4.98 Å². The molecule has 0 aliphatic carbocycles. The summed E-state index contributed by atoms with van der Waals surface area (Å²) in [6.07, 6.45) is 0.491. The topological polar surface area (TPSA) is 38.1 Å². The number of anilines is 1. The first-order valence-corrected chi connectivity index (χ1v) is 10.9. The summed E-state index contributed by atoms with van der Waals surface area (Å²) < 4.78 is 2.31. The molecule has 1 saturated heterocycles. The van der Waals surface area contributed by atoms with E-state index in [0.29, 0.717) is 13.0 Å². The molecule has 3 aromatic carbocycles. The molecule has 0 N–H and O–H groups in total. The van der Waals surface area contributed by atoms with E-state index in [9.17, 15) is 4.79 Å². The lowest BCUT2D eigenvalue weighted by Crippen LogP contribution is -2.26. The zero-order valence-electron chi connectivity index (χ0n) is 18.3. The molecule has 1 fully saturated rings. The van der Waals surface area contributed by atoms with Gasteiger partial charge >= 0.3 is 0 Å². The molecule has 31 heavy (non-hydrogen) atoms. The molecule has 1 atom stereocenters. The minimum atomic E-state index is 0.0722. The highest BCUT2D eigenvalue weighted by Crippen LogP contribution is 2.36. The molecule has 1 amide bonds. The monoisotopic (exact) mass is 409 g/mol. The van der Waals surface area contributed by atoms with Gasteiger partial charge in [0.1, 0.15) is 5.82 Å². The Bertz CT molecular complexity index is 1270. The van der Waals surface area contributed by atoms with E-state index in [2.05, 4.69) is 79.9 Å². The normalized spacial score (nSPS) is 16.4. The highest BCUT2D eigenvalue weighted by molar-refractivity contribution is 5.98. The van der Waals surface area contributed by atoms with Crippen LogP contribution in [0.25, 0.3) is 11.0 Å². The van der Waals surface area contributed by atoms with Gasteiger partial charge in [-0.05, 0) is 55.2 Å². The van der Waals surface area contributed by atoms with E-state index in [4.69, 9.17) is 4.98 Å². The fraction of sp³-hybridized carbons (Fsp3) is 0.259. The number of nitrogens with zero attached hydrogens (tertiary/aromatic N) is 3. The number of carbonyl (C=O) groups is 1. The number of amides is 1. The first-order chi connectivity index (χ1) is 15.0. The molecule has 4 aromatic rings. The Morgan fingerprint density at radius 1 is 0.871 bits per heavy atom. The van der Waals surface area contributed by atoms with Crippen molar-refractivity contribution in [3.63, 3.8) is 0 Å². The number of rotatable bonds is 4. The largest absolute Gasteiger partial charge is 0.323 e. The lowest BCUT2D eigenvalue weighted by Gasteiger charge is -2.22. The Morgan fingerprint density at radius 2 is 1.55 bits per heavy atom. The van der Waals surface area contributed by atoms with E-state index < -0.39 is 0 Å². The molecule has 1 aliphatic rings. The van der Waals surface area contributed by atoms with Crippen LogP contribution in [0.2, 0.25) is 0 Å². The van der Waals surface area contributed by atoms with Crippen molar-refractivity contribution in [1.29, 1.82) is 0 Å². The summed E-state index contributed by atoms with van der Waals surface area (Å²) in [5.41, 5.74) is 8.00. The van der Waals surface area contributed by atoms with E-state index >= 15 is 0 Å². The van der Waals surface area contributed by atoms with Gasteiger partial charge in [-0.2, -0.15) is 0 Å². The molecule has 0 saturated carbocycles. The molecule has 2 heterocycles. The summed E-state index contributed by atoms with van der Waals surface area (Å²) in [5, 5.41) is 0. The average Bonchev–Trinajstić information content (AvgIpc) is 3.31. The quantitative estimate of drug-likeness (QED) is 0.444. The van der Waals surface area contributed by atoms with E-state index in [1.165, 1.54) is 11.1 Å². The van der Waals surface area contributed by atoms with Crippen molar-refractivity contribution in [3.8, 4) is 0 Å². The van der Waals surface area contributed by atoms with Gasteiger partial charge in [-0.3, -0.25) is 4.79 Å². The van der Waals surface area contributed by atoms with Crippen LogP contribution in [0.15, 0.2) is 66.7 Å². The minimum Gasteiger partial charge on any atom is -0.323 e. The second kappa shape index (κ2) is 7.69. The van der Waals surface area contributed by atoms with Crippen molar-refractivity contribution >= 4 is 22.6 Å². The standard InChI is InChI=1S/C27H27N3O/c1-18-9-4-5-12-21(18)16-29-24-14-7-6-13-23(24)28-27(29)22-15-25(31)30(17-22)26-19(2)10-8-11-20(26)3/h4-14,22H,15-17H2,1-3H3/t22-/m0/s1. The van der Waals surface area contributed by atoms with Crippen molar-refractivity contribution in [3.05, 3.63) is 94.8 Å². The van der Waals surface area contributed by atoms with Gasteiger partial charge in [0.2, 0.25) is 5.91 Å². The number of hydrogen-bond donors (Lipinski definition) is 0. The van der Waals surface area contributed by atoms with Crippen molar-refractivity contribution in [2.45, 2.75) is 39.7 Å². The number of fused-ring (bicyclic) bond motifs is 1. The summed E-state index contributed by atoms with van der Waals surface area (Å²) in [7, 11) is 0. The SMILES string of the molecule is Cc1ccccc1Cn1c([C@H]2CC(=O)N(c3c(C)cccc3C)C2)nc2ccccc21. The number of carbonyl (C=O) groups excluding carboxylic acids is 1. The van der Waals surface area contributed by atoms with Crippen molar-refractivity contribution < 1.29 is 4.79 Å². The fourth-order valence-electron chi connectivity index (χ4n) is 4.86. The number of para-hydroxylation sites is 3. The summed E-state index contributed by atoms with van der Waals surface area (Å²) in [5.74, 6) is 1.26. The van der Waals surface area contributed by atoms with Crippen molar-refractivity contribution in [2.75, 3.05) is 11.4 Å². The first-order valence-electron chi connectivity index (χ1n) is 10.9. The van der Waals surface area contributed by atoms with Gasteiger partial charge in [0.15, 0.2) is 0 Å². The number of benzene rings is 3. The van der Waals surface area contributed by atoms with Crippen LogP contribution in [0, 0.1) is 20.8 Å². The zero-order valence-corrected chi connectivity index (χ0v) is 18.3. The molecule has 0 bridgehead atoms. The smallest absolute Gasteiger partial charge is 0.227 e. The Morgan fingerprint density at radius 3 is 2.32 bits per heavy atom. The van der Waals surface area contributed by atoms with Gasteiger partial charge in [0.05, 0.1) is 11.0 Å². The van der Waals surface area contributed by atoms with Crippen molar-refractivity contribution in [1.82, 2.24) is 9.55 Å². The molecule has 0 unspecified atom stereocenters. The molecule has 5 rings (SSSR count). The molecule has 4 heteroatoms. The van der Waals surface area contributed by atoms with E-state index in [1.807, 2.05) is 17.0 Å². The first kappa shape index (κ1) is 19.6. The van der Waals surface area contributed by atoms with Crippen LogP contribution in [0.5, 0.6) is 0 Å². The van der Waals surface area contributed by atoms with Crippen LogP contribution in [-0.2, 0) is 11.3 Å². The summed E-state index contributed by atoms with van der Waals surface area (Å²) in [6.45, 7) is 7.74. The second-order valence-corrected chi connectivity index (χ2v) is 8.62. The molecular formula is C27H27N3O. The number of imidazole rings is 1. The van der Waals surface area contributed by atoms with E-state index in [0.717, 1.165) is 40.2 Å². The number of aryl methyl sites for hydroxylation is 3. The molecule has 156 valence electrons. The predicted molar refractivity (Wildman–Crippen MR) is 126 cm³/mol. The predicted octanol–water partition coefficient (Wildman–Crippen LogP) is 5.53. The Labute approximate surface area is 183 Å². The maximum absolute atomic E-state index is 13.1. The zero-order chi connectivity index (χ0) is 21.5.